The van der Waals surface area contributed by atoms with Gasteiger partial charge in [-0.05, 0) is 19.1 Å². The number of nitrogens with zero attached hydrogens (tertiary/aromatic N) is 2. The van der Waals surface area contributed by atoms with E-state index < -0.39 is 15.8 Å². The van der Waals surface area contributed by atoms with Crippen molar-refractivity contribution in [1.29, 1.82) is 0 Å². The smallest absolute Gasteiger partial charge is 0.253 e. The van der Waals surface area contributed by atoms with Crippen molar-refractivity contribution in [3.63, 3.8) is 0 Å². The van der Waals surface area contributed by atoms with Gasteiger partial charge in [0.25, 0.3) is 10.0 Å². The molecule has 0 bridgehead atoms. The normalized spacial score (nSPS) is 11.7. The number of hydrogen-bond acceptors (Lipinski definition) is 4. The van der Waals surface area contributed by atoms with Gasteiger partial charge >= 0.3 is 0 Å². The van der Waals surface area contributed by atoms with Crippen LogP contribution in [0.3, 0.4) is 0 Å². The Morgan fingerprint density at radius 3 is 2.79 bits per heavy atom. The second kappa shape index (κ2) is 4.82. The van der Waals surface area contributed by atoms with Crippen molar-refractivity contribution in [1.82, 2.24) is 9.19 Å². The maximum Gasteiger partial charge on any atom is 0.253 e. The molecule has 0 unspecified atom stereocenters. The molecule has 0 saturated carbocycles. The van der Waals surface area contributed by atoms with E-state index in [9.17, 15) is 12.8 Å². The van der Waals surface area contributed by atoms with Gasteiger partial charge in [-0.25, -0.2) is 12.8 Å². The Hall–Kier alpha value is -1.60. The van der Waals surface area contributed by atoms with E-state index in [0.29, 0.717) is 5.56 Å². The average molecular weight is 304 g/mol. The summed E-state index contributed by atoms with van der Waals surface area (Å²) in [4.78, 5) is 0. The van der Waals surface area contributed by atoms with Crippen LogP contribution in [0.25, 0.3) is 11.1 Å². The molecule has 0 aliphatic carbocycles. The third-order valence-electron chi connectivity index (χ3n) is 2.61. The van der Waals surface area contributed by atoms with Crippen molar-refractivity contribution >= 4 is 27.3 Å². The molecule has 0 aliphatic heterocycles. The lowest BCUT2D eigenvalue weighted by atomic mass is 10.1. The number of hydrogen-bond donors (Lipinski definition) is 1. The maximum atomic E-state index is 13.8. The largest absolute Gasteiger partial charge is 0.397 e. The van der Waals surface area contributed by atoms with Crippen molar-refractivity contribution in [2.45, 2.75) is 6.92 Å². The molecule has 0 spiro atoms. The van der Waals surface area contributed by atoms with E-state index in [1.807, 2.05) is 0 Å². The number of nitrogen functional groups attached to an aromatic ring is 1. The summed E-state index contributed by atoms with van der Waals surface area (Å²) in [7, 11) is -3.49. The Balaban J connectivity index is 2.53. The summed E-state index contributed by atoms with van der Waals surface area (Å²) in [5.74, 6) is -0.686. The topological polar surface area (TPSA) is 78.0 Å². The van der Waals surface area contributed by atoms with Crippen LogP contribution in [0.2, 0.25) is 5.02 Å². The predicted octanol–water partition coefficient (Wildman–Crippen LogP) is 2.12. The highest BCUT2D eigenvalue weighted by Gasteiger charge is 2.15. The highest BCUT2D eigenvalue weighted by molar-refractivity contribution is 7.89. The summed E-state index contributed by atoms with van der Waals surface area (Å²) in [6, 6.07) is 2.43. The summed E-state index contributed by atoms with van der Waals surface area (Å²) in [5, 5.41) is 3.91. The first-order valence-electron chi connectivity index (χ1n) is 5.38. The molecule has 0 aliphatic rings. The van der Waals surface area contributed by atoms with Gasteiger partial charge in [0, 0.05) is 11.1 Å². The molecular formula is C11H11ClFN3O2S. The molecule has 1 heterocycles. The number of anilines is 1. The Labute approximate surface area is 114 Å². The molecule has 19 heavy (non-hydrogen) atoms. The van der Waals surface area contributed by atoms with E-state index in [2.05, 4.69) is 5.10 Å². The Bertz CT molecular complexity index is 728. The zero-order valence-electron chi connectivity index (χ0n) is 9.97. The van der Waals surface area contributed by atoms with E-state index in [1.165, 1.54) is 25.4 Å². The summed E-state index contributed by atoms with van der Waals surface area (Å²) >= 11 is 5.82. The van der Waals surface area contributed by atoms with Crippen molar-refractivity contribution in [3.05, 3.63) is 35.4 Å². The molecule has 0 fully saturated rings. The number of nitrogens with two attached hydrogens (primary N) is 1. The number of rotatable bonds is 3. The first-order valence-corrected chi connectivity index (χ1v) is 7.36. The zero-order chi connectivity index (χ0) is 14.2. The minimum absolute atomic E-state index is 0.0981. The van der Waals surface area contributed by atoms with Crippen molar-refractivity contribution in [2.24, 2.45) is 0 Å². The summed E-state index contributed by atoms with van der Waals surface area (Å²) in [5.41, 5.74) is 6.06. The quantitative estimate of drug-likeness (QED) is 0.881. The standard InChI is InChI=1S/C11H11ClFN3O2S/c1-2-19(17,18)16-6-7(5-15-16)8-3-9(12)11(14)4-10(8)13/h3-6H,2,14H2,1H3. The van der Waals surface area contributed by atoms with Gasteiger partial charge in [0.15, 0.2) is 0 Å². The fourth-order valence-electron chi connectivity index (χ4n) is 1.51. The summed E-state index contributed by atoms with van der Waals surface area (Å²) in [6.45, 7) is 1.50. The van der Waals surface area contributed by atoms with E-state index in [0.717, 1.165) is 10.2 Å². The highest BCUT2D eigenvalue weighted by Crippen LogP contribution is 2.29. The van der Waals surface area contributed by atoms with Crippen LogP contribution < -0.4 is 5.73 Å². The van der Waals surface area contributed by atoms with Crippen LogP contribution in [-0.2, 0) is 10.0 Å². The Morgan fingerprint density at radius 2 is 2.16 bits per heavy atom. The average Bonchev–Trinajstić information content (AvgIpc) is 2.84. The number of aromatic nitrogens is 2. The number of halogens is 2. The van der Waals surface area contributed by atoms with Gasteiger partial charge in [0.2, 0.25) is 0 Å². The summed E-state index contributed by atoms with van der Waals surface area (Å²) < 4.78 is 37.8. The van der Waals surface area contributed by atoms with Crippen molar-refractivity contribution in [3.8, 4) is 11.1 Å². The van der Waals surface area contributed by atoms with Gasteiger partial charge in [-0.3, -0.25) is 0 Å². The third kappa shape index (κ3) is 2.57. The second-order valence-corrected chi connectivity index (χ2v) is 6.38. The minimum Gasteiger partial charge on any atom is -0.397 e. The molecule has 0 amide bonds. The molecule has 102 valence electrons. The summed E-state index contributed by atoms with van der Waals surface area (Å²) in [6.07, 6.45) is 2.50. The molecular weight excluding hydrogens is 293 g/mol. The molecule has 1 aromatic carbocycles. The van der Waals surface area contributed by atoms with E-state index in [4.69, 9.17) is 17.3 Å². The van der Waals surface area contributed by atoms with Gasteiger partial charge in [0.1, 0.15) is 5.82 Å². The lowest BCUT2D eigenvalue weighted by molar-refractivity contribution is 0.581. The monoisotopic (exact) mass is 303 g/mol. The first-order chi connectivity index (χ1) is 8.85. The van der Waals surface area contributed by atoms with Crippen molar-refractivity contribution < 1.29 is 12.8 Å². The van der Waals surface area contributed by atoms with Crippen LogP contribution in [0.4, 0.5) is 10.1 Å². The second-order valence-electron chi connectivity index (χ2n) is 3.86. The van der Waals surface area contributed by atoms with Gasteiger partial charge in [-0.1, -0.05) is 11.6 Å². The predicted molar refractivity (Wildman–Crippen MR) is 71.9 cm³/mol. The molecule has 5 nitrogen and oxygen atoms in total. The van der Waals surface area contributed by atoms with Crippen molar-refractivity contribution in [2.75, 3.05) is 11.5 Å². The van der Waals surface area contributed by atoms with Crippen LogP contribution in [0.15, 0.2) is 24.5 Å². The molecule has 0 atom stereocenters. The Morgan fingerprint density at radius 1 is 1.47 bits per heavy atom. The SMILES string of the molecule is CCS(=O)(=O)n1cc(-c2cc(Cl)c(N)cc2F)cn1. The van der Waals surface area contributed by atoms with Gasteiger partial charge in [-0.15, -0.1) is 0 Å². The third-order valence-corrected chi connectivity index (χ3v) is 4.43. The number of benzene rings is 1. The fourth-order valence-corrected chi connectivity index (χ4v) is 2.40. The first kappa shape index (κ1) is 13.8. The van der Waals surface area contributed by atoms with E-state index in [1.54, 1.807) is 0 Å². The lowest BCUT2D eigenvalue weighted by Gasteiger charge is -2.04. The van der Waals surface area contributed by atoms with Gasteiger partial charge < -0.3 is 5.73 Å². The minimum atomic E-state index is -3.49. The molecule has 8 heteroatoms. The van der Waals surface area contributed by atoms with E-state index >= 15 is 0 Å². The van der Waals surface area contributed by atoms with Crippen LogP contribution in [0.5, 0.6) is 0 Å². The Kier molecular flexibility index (Phi) is 3.51. The molecule has 1 aromatic heterocycles. The molecule has 2 rings (SSSR count). The van der Waals surface area contributed by atoms with Gasteiger partial charge in [-0.2, -0.15) is 9.19 Å². The lowest BCUT2D eigenvalue weighted by Crippen LogP contribution is -2.14. The molecule has 2 aromatic rings. The molecule has 2 N–H and O–H groups in total. The van der Waals surface area contributed by atoms with Crippen LogP contribution in [-0.4, -0.2) is 23.4 Å². The highest BCUT2D eigenvalue weighted by atomic mass is 35.5. The molecule has 0 saturated heterocycles. The molecule has 0 radical (unpaired) electrons. The van der Waals surface area contributed by atoms with Crippen LogP contribution in [0.1, 0.15) is 6.92 Å². The van der Waals surface area contributed by atoms with Gasteiger partial charge in [0.05, 0.1) is 28.9 Å². The maximum absolute atomic E-state index is 13.8. The fraction of sp³-hybridized carbons (Fsp3) is 0.182. The van der Waals surface area contributed by atoms with Crippen LogP contribution >= 0.6 is 11.6 Å². The van der Waals surface area contributed by atoms with Crippen LogP contribution in [0, 0.1) is 5.82 Å². The van der Waals surface area contributed by atoms with E-state index in [-0.39, 0.29) is 22.0 Å². The zero-order valence-corrected chi connectivity index (χ0v) is 11.5.